The Balaban J connectivity index is 0.000000211. The first-order valence-electron chi connectivity index (χ1n) is 17.5. The van der Waals surface area contributed by atoms with Crippen molar-refractivity contribution >= 4 is 43.4 Å². The van der Waals surface area contributed by atoms with Gasteiger partial charge in [-0.25, -0.2) is 16.8 Å². The Morgan fingerprint density at radius 2 is 1.05 bits per heavy atom. The molecule has 18 nitrogen and oxygen atoms in total. The number of phenols is 1. The van der Waals surface area contributed by atoms with Crippen molar-refractivity contribution in [2.24, 2.45) is 0 Å². The van der Waals surface area contributed by atoms with Crippen molar-refractivity contribution in [3.05, 3.63) is 48.5 Å². The Bertz CT molecular complexity index is 2160. The Kier molecular flexibility index (Phi) is 12.6. The van der Waals surface area contributed by atoms with Crippen LogP contribution in [0.4, 0.5) is 11.9 Å². The van der Waals surface area contributed by atoms with E-state index in [2.05, 4.69) is 41.0 Å². The van der Waals surface area contributed by atoms with Crippen LogP contribution in [0.15, 0.2) is 48.5 Å². The number of ether oxygens (including phenoxy) is 3. The van der Waals surface area contributed by atoms with Gasteiger partial charge >= 0.3 is 0 Å². The van der Waals surface area contributed by atoms with Crippen LogP contribution in [-0.4, -0.2) is 118 Å². The standard InChI is InChI=1S/C18H24N4O5S.C17H22N4O5S/c1-18(2,28(24,25)14-8-10-27-11-9-14)16(23)20-17-19-15(21-22-17)12-4-6-13(26-3)7-5-12;1-17(2,27(24,25)13-7-9-26-10-8-13)15(23)19-16-18-14(20-21-16)11-3-5-12(22)6-4-11/h4-7,14H,8-11H2,1-3H3,(H2,19,20,21,22,23);3-6,13,22H,7-10H2,1-2H3,(H2,18,19,20,21,23). The molecule has 0 saturated carbocycles. The average molecular weight is 803 g/mol. The van der Waals surface area contributed by atoms with E-state index < -0.39 is 51.5 Å². The van der Waals surface area contributed by atoms with Crippen molar-refractivity contribution in [3.63, 3.8) is 0 Å². The SMILES string of the molecule is CC(C)(C(=O)Nc1n[nH]c(-c2ccc(O)cc2)n1)S(=O)(=O)C1CCOCC1.COc1ccc(-c2nc(NC(=O)C(C)(C)S(=O)(=O)C3CCOCC3)n[nH]2)cc1. The molecule has 5 N–H and O–H groups in total. The molecule has 2 aliphatic rings. The van der Waals surface area contributed by atoms with Gasteiger partial charge < -0.3 is 19.3 Å². The maximum absolute atomic E-state index is 12.9. The van der Waals surface area contributed by atoms with E-state index in [1.807, 2.05) is 0 Å². The molecule has 0 atom stereocenters. The molecule has 2 saturated heterocycles. The molecule has 20 heteroatoms. The summed E-state index contributed by atoms with van der Waals surface area (Å²) in [5, 5.41) is 26.4. The lowest BCUT2D eigenvalue weighted by Crippen LogP contribution is -2.50. The molecule has 2 aliphatic heterocycles. The van der Waals surface area contributed by atoms with Crippen LogP contribution in [0.2, 0.25) is 0 Å². The Morgan fingerprint density at radius 1 is 0.691 bits per heavy atom. The van der Waals surface area contributed by atoms with Crippen LogP contribution in [0, 0.1) is 0 Å². The van der Waals surface area contributed by atoms with Crippen LogP contribution in [-0.2, 0) is 38.7 Å². The summed E-state index contributed by atoms with van der Waals surface area (Å²) in [6, 6.07) is 13.4. The van der Waals surface area contributed by atoms with Crippen LogP contribution >= 0.6 is 0 Å². The van der Waals surface area contributed by atoms with Gasteiger partial charge in [-0.05, 0) is 102 Å². The fourth-order valence-electron chi connectivity index (χ4n) is 5.83. The van der Waals surface area contributed by atoms with Crippen molar-refractivity contribution in [1.82, 2.24) is 30.4 Å². The van der Waals surface area contributed by atoms with E-state index in [4.69, 9.17) is 14.2 Å². The zero-order valence-corrected chi connectivity index (χ0v) is 32.8. The first-order valence-corrected chi connectivity index (χ1v) is 20.6. The molecule has 2 aromatic heterocycles. The lowest BCUT2D eigenvalue weighted by atomic mass is 10.2. The topological polar surface area (TPSA) is 258 Å². The fourth-order valence-corrected chi connectivity index (χ4v) is 9.74. The Morgan fingerprint density at radius 3 is 1.42 bits per heavy atom. The van der Waals surface area contributed by atoms with Gasteiger partial charge in [0.2, 0.25) is 23.7 Å². The number of H-pyrrole nitrogens is 2. The van der Waals surface area contributed by atoms with Gasteiger partial charge in [-0.1, -0.05) is 0 Å². The van der Waals surface area contributed by atoms with Gasteiger partial charge in [-0.3, -0.25) is 30.4 Å². The molecule has 4 aromatic rings. The quantitative estimate of drug-likeness (QED) is 0.146. The highest BCUT2D eigenvalue weighted by molar-refractivity contribution is 7.94. The number of anilines is 2. The summed E-state index contributed by atoms with van der Waals surface area (Å²) in [4.78, 5) is 33.8. The summed E-state index contributed by atoms with van der Waals surface area (Å²) in [6.45, 7) is 7.11. The van der Waals surface area contributed by atoms with Crippen LogP contribution in [0.3, 0.4) is 0 Å². The predicted octanol–water partition coefficient (Wildman–Crippen LogP) is 3.28. The van der Waals surface area contributed by atoms with Crippen molar-refractivity contribution in [3.8, 4) is 34.3 Å². The number of aromatic nitrogens is 6. The van der Waals surface area contributed by atoms with Crippen molar-refractivity contribution in [2.75, 3.05) is 44.2 Å². The first-order chi connectivity index (χ1) is 26.0. The van der Waals surface area contributed by atoms with Crippen LogP contribution in [0.25, 0.3) is 22.8 Å². The van der Waals surface area contributed by atoms with Crippen molar-refractivity contribution in [2.45, 2.75) is 73.4 Å². The number of nitrogens with zero attached hydrogens (tertiary/aromatic N) is 4. The third-order valence-corrected chi connectivity index (χ3v) is 15.6. The van der Waals surface area contributed by atoms with E-state index in [-0.39, 0.29) is 17.6 Å². The summed E-state index contributed by atoms with van der Waals surface area (Å²) in [6.07, 6.45) is 1.54. The highest BCUT2D eigenvalue weighted by Crippen LogP contribution is 2.30. The number of methoxy groups -OCH3 is 1. The lowest BCUT2D eigenvalue weighted by Gasteiger charge is -2.30. The van der Waals surface area contributed by atoms with Gasteiger partial charge in [0.25, 0.3) is 0 Å². The molecule has 2 fully saturated rings. The molecular weight excluding hydrogens is 757 g/mol. The van der Waals surface area contributed by atoms with Gasteiger partial charge in [0.05, 0.1) is 17.6 Å². The number of sulfone groups is 2. The van der Waals surface area contributed by atoms with Crippen LogP contribution in [0.5, 0.6) is 11.5 Å². The number of carbonyl (C=O) groups is 2. The Hall–Kier alpha value is -4.92. The lowest BCUT2D eigenvalue weighted by molar-refractivity contribution is -0.118. The van der Waals surface area contributed by atoms with Gasteiger partial charge in [-0.15, -0.1) is 10.2 Å². The number of hydrogen-bond donors (Lipinski definition) is 5. The highest BCUT2D eigenvalue weighted by atomic mass is 32.2. The molecule has 0 spiro atoms. The Labute approximate surface area is 319 Å². The normalized spacial score (nSPS) is 16.1. The van der Waals surface area contributed by atoms with E-state index in [1.165, 1.54) is 39.8 Å². The molecule has 298 valence electrons. The molecule has 2 aromatic carbocycles. The van der Waals surface area contributed by atoms with Crippen molar-refractivity contribution in [1.29, 1.82) is 0 Å². The minimum atomic E-state index is -3.72. The maximum Gasteiger partial charge on any atom is 0.249 e. The largest absolute Gasteiger partial charge is 0.508 e. The average Bonchev–Trinajstić information content (AvgIpc) is 3.86. The van der Waals surface area contributed by atoms with E-state index in [0.29, 0.717) is 75.1 Å². The molecule has 55 heavy (non-hydrogen) atoms. The molecule has 0 aliphatic carbocycles. The molecular formula is C35H46N8O10S2. The summed E-state index contributed by atoms with van der Waals surface area (Å²) in [5.74, 6) is 0.302. The third kappa shape index (κ3) is 9.14. The van der Waals surface area contributed by atoms with Gasteiger partial charge in [-0.2, -0.15) is 9.97 Å². The number of aromatic amines is 2. The minimum absolute atomic E-state index is 0.0154. The molecule has 0 radical (unpaired) electrons. The second-order valence-electron chi connectivity index (χ2n) is 13.9. The smallest absolute Gasteiger partial charge is 0.249 e. The van der Waals surface area contributed by atoms with E-state index in [9.17, 15) is 31.5 Å². The number of phenolic OH excluding ortho intramolecular Hbond substituents is 1. The van der Waals surface area contributed by atoms with E-state index in [1.54, 1.807) is 43.5 Å². The summed E-state index contributed by atoms with van der Waals surface area (Å²) >= 11 is 0. The van der Waals surface area contributed by atoms with E-state index in [0.717, 1.165) is 5.56 Å². The number of nitrogens with one attached hydrogen (secondary N) is 4. The second kappa shape index (κ2) is 16.8. The molecule has 0 unspecified atom stereocenters. The second-order valence-corrected chi connectivity index (χ2v) is 19.5. The predicted molar refractivity (Wildman–Crippen MR) is 203 cm³/mol. The molecule has 2 amide bonds. The monoisotopic (exact) mass is 802 g/mol. The zero-order valence-electron chi connectivity index (χ0n) is 31.2. The summed E-state index contributed by atoms with van der Waals surface area (Å²) in [7, 11) is -5.85. The molecule has 0 bridgehead atoms. The summed E-state index contributed by atoms with van der Waals surface area (Å²) < 4.78 is 64.0. The first kappa shape index (κ1) is 41.2. The highest BCUT2D eigenvalue weighted by Gasteiger charge is 2.48. The van der Waals surface area contributed by atoms with Crippen molar-refractivity contribution < 1.29 is 45.7 Å². The van der Waals surface area contributed by atoms with Crippen LogP contribution < -0.4 is 15.4 Å². The number of rotatable bonds is 11. The number of aromatic hydroxyl groups is 1. The summed E-state index contributed by atoms with van der Waals surface area (Å²) in [5.41, 5.74) is 1.41. The maximum atomic E-state index is 12.9. The number of amides is 2. The number of carbonyl (C=O) groups excluding carboxylic acids is 2. The fraction of sp³-hybridized carbons (Fsp3) is 0.486. The number of hydrogen-bond acceptors (Lipinski definition) is 14. The van der Waals surface area contributed by atoms with Gasteiger partial charge in [0, 0.05) is 37.6 Å². The molecule has 6 rings (SSSR count). The number of benzene rings is 2. The van der Waals surface area contributed by atoms with Gasteiger partial charge in [0.15, 0.2) is 31.3 Å². The third-order valence-electron chi connectivity index (χ3n) is 9.66. The van der Waals surface area contributed by atoms with Crippen LogP contribution in [0.1, 0.15) is 53.4 Å². The molecule has 4 heterocycles. The van der Waals surface area contributed by atoms with E-state index >= 15 is 0 Å². The zero-order chi connectivity index (χ0) is 40.0. The van der Waals surface area contributed by atoms with Gasteiger partial charge in [0.1, 0.15) is 21.0 Å². The minimum Gasteiger partial charge on any atom is -0.508 e.